The molecule has 32 heavy (non-hydrogen) atoms. The minimum absolute atomic E-state index is 0.00355. The number of ether oxygens (including phenoxy) is 1. The van der Waals surface area contributed by atoms with E-state index in [-0.39, 0.29) is 16.9 Å². The maximum Gasteiger partial charge on any atom is 0.286 e. The summed E-state index contributed by atoms with van der Waals surface area (Å²) >= 11 is 1.24. The molecule has 0 atom stereocenters. The number of halogens is 1. The molecular weight excluding hydrogens is 427 g/mol. The molecular formula is C25H27FN2O3S. The Hall–Kier alpha value is -2.64. The number of amides is 1. The van der Waals surface area contributed by atoms with Crippen LogP contribution in [0.4, 0.5) is 4.39 Å². The number of hydrogen-bond acceptors (Lipinski definition) is 5. The van der Waals surface area contributed by atoms with Crippen molar-refractivity contribution in [2.24, 2.45) is 4.99 Å². The molecule has 4 rings (SSSR count). The van der Waals surface area contributed by atoms with Gasteiger partial charge in [0.2, 0.25) is 0 Å². The first kappa shape index (κ1) is 22.6. The van der Waals surface area contributed by atoms with Gasteiger partial charge >= 0.3 is 0 Å². The molecule has 5 nitrogen and oxygen atoms in total. The van der Waals surface area contributed by atoms with E-state index in [1.807, 2.05) is 17.0 Å². The lowest BCUT2D eigenvalue weighted by Gasteiger charge is -2.27. The molecule has 1 N–H and O–H groups in total. The summed E-state index contributed by atoms with van der Waals surface area (Å²) in [6.07, 6.45) is 2.49. The van der Waals surface area contributed by atoms with Gasteiger partial charge < -0.3 is 14.7 Å². The van der Waals surface area contributed by atoms with E-state index in [1.165, 1.54) is 23.9 Å². The monoisotopic (exact) mass is 454 g/mol. The van der Waals surface area contributed by atoms with Gasteiger partial charge in [0.1, 0.15) is 0 Å². The van der Waals surface area contributed by atoms with Crippen LogP contribution in [0.15, 0.2) is 46.3 Å². The van der Waals surface area contributed by atoms with Gasteiger partial charge in [0, 0.05) is 18.7 Å². The fraction of sp³-hybridized carbons (Fsp3) is 0.360. The van der Waals surface area contributed by atoms with Crippen molar-refractivity contribution in [1.82, 2.24) is 4.90 Å². The number of phenols is 1. The molecule has 0 aromatic heterocycles. The second-order valence-corrected chi connectivity index (χ2v) is 9.63. The molecule has 2 aliphatic heterocycles. The lowest BCUT2D eigenvalue weighted by atomic mass is 9.81. The normalized spacial score (nSPS) is 18.4. The molecule has 7 heteroatoms. The van der Waals surface area contributed by atoms with Crippen molar-refractivity contribution in [2.45, 2.75) is 32.6 Å². The van der Waals surface area contributed by atoms with E-state index in [2.05, 4.69) is 37.9 Å². The zero-order chi connectivity index (χ0) is 22.9. The van der Waals surface area contributed by atoms with E-state index >= 15 is 0 Å². The van der Waals surface area contributed by atoms with Crippen LogP contribution in [-0.2, 0) is 14.9 Å². The molecule has 1 amide bonds. The van der Waals surface area contributed by atoms with Crippen molar-refractivity contribution in [3.05, 3.63) is 58.2 Å². The topological polar surface area (TPSA) is 62.1 Å². The number of aliphatic imine (C=N–C) groups is 1. The van der Waals surface area contributed by atoms with E-state index in [0.717, 1.165) is 17.5 Å². The van der Waals surface area contributed by atoms with Gasteiger partial charge in [0.15, 0.2) is 16.7 Å². The number of morpholine rings is 1. The first-order valence-corrected chi connectivity index (χ1v) is 11.6. The number of carbonyl (C=O) groups excluding carboxylic acids is 1. The van der Waals surface area contributed by atoms with Gasteiger partial charge in [-0.05, 0) is 58.5 Å². The van der Waals surface area contributed by atoms with E-state index in [4.69, 9.17) is 4.74 Å². The third-order valence-corrected chi connectivity index (χ3v) is 7.18. The van der Waals surface area contributed by atoms with Crippen molar-refractivity contribution in [3.63, 3.8) is 0 Å². The highest BCUT2D eigenvalue weighted by molar-refractivity contribution is 8.18. The summed E-state index contributed by atoms with van der Waals surface area (Å²) in [7, 11) is 0. The molecule has 1 saturated heterocycles. The highest BCUT2D eigenvalue weighted by atomic mass is 32.2. The molecule has 0 bridgehead atoms. The molecule has 0 aliphatic carbocycles. The Morgan fingerprint density at radius 1 is 1.22 bits per heavy atom. The Morgan fingerprint density at radius 3 is 2.69 bits per heavy atom. The van der Waals surface area contributed by atoms with E-state index < -0.39 is 11.6 Å². The molecule has 0 unspecified atom stereocenters. The summed E-state index contributed by atoms with van der Waals surface area (Å²) in [6, 6.07) is 11.1. The molecule has 0 saturated carbocycles. The second-order valence-electron chi connectivity index (χ2n) is 8.62. The number of hydrogen-bond donors (Lipinski definition) is 1. The maximum absolute atomic E-state index is 14.6. The summed E-state index contributed by atoms with van der Waals surface area (Å²) in [5.41, 5.74) is 2.92. The van der Waals surface area contributed by atoms with Crippen LogP contribution < -0.4 is 0 Å². The van der Waals surface area contributed by atoms with E-state index in [0.29, 0.717) is 41.9 Å². The average molecular weight is 455 g/mol. The van der Waals surface area contributed by atoms with Crippen LogP contribution >= 0.6 is 11.8 Å². The van der Waals surface area contributed by atoms with Crippen LogP contribution in [0.1, 0.15) is 38.3 Å². The number of rotatable bonds is 4. The van der Waals surface area contributed by atoms with Crippen LogP contribution in [0.3, 0.4) is 0 Å². The van der Waals surface area contributed by atoms with Gasteiger partial charge in [0.05, 0.1) is 18.1 Å². The summed E-state index contributed by atoms with van der Waals surface area (Å²) < 4.78 is 20.0. The Labute approximate surface area is 192 Å². The summed E-state index contributed by atoms with van der Waals surface area (Å²) in [4.78, 5) is 19.0. The van der Waals surface area contributed by atoms with Crippen LogP contribution in [0.25, 0.3) is 17.2 Å². The van der Waals surface area contributed by atoms with Crippen molar-refractivity contribution < 1.29 is 19.0 Å². The molecule has 2 aliphatic rings. The summed E-state index contributed by atoms with van der Waals surface area (Å²) in [5, 5.41) is 11.0. The fourth-order valence-electron chi connectivity index (χ4n) is 3.65. The molecule has 2 aromatic rings. The lowest BCUT2D eigenvalue weighted by Crippen LogP contribution is -2.38. The van der Waals surface area contributed by atoms with E-state index in [1.54, 1.807) is 6.07 Å². The number of aromatic hydroxyl groups is 1. The molecule has 1 fully saturated rings. The van der Waals surface area contributed by atoms with Gasteiger partial charge in [-0.3, -0.25) is 4.79 Å². The Morgan fingerprint density at radius 2 is 1.97 bits per heavy atom. The second kappa shape index (κ2) is 9.08. The lowest BCUT2D eigenvalue weighted by molar-refractivity contribution is -0.113. The summed E-state index contributed by atoms with van der Waals surface area (Å²) in [6.45, 7) is 9.02. The van der Waals surface area contributed by atoms with Gasteiger partial charge in [-0.25, -0.2) is 4.39 Å². The number of carbonyl (C=O) groups is 1. The third-order valence-electron chi connectivity index (χ3n) is 6.13. The highest BCUT2D eigenvalue weighted by Crippen LogP contribution is 2.36. The predicted octanol–water partition coefficient (Wildman–Crippen LogP) is 5.19. The minimum atomic E-state index is -0.723. The van der Waals surface area contributed by atoms with Gasteiger partial charge in [-0.15, -0.1) is 0 Å². The zero-order valence-corrected chi connectivity index (χ0v) is 19.3. The molecule has 0 radical (unpaired) electrons. The van der Waals surface area contributed by atoms with Crippen LogP contribution in [0.2, 0.25) is 0 Å². The largest absolute Gasteiger partial charge is 0.504 e. The van der Waals surface area contributed by atoms with Gasteiger partial charge in [-0.1, -0.05) is 45.0 Å². The van der Waals surface area contributed by atoms with Crippen LogP contribution in [-0.4, -0.2) is 47.4 Å². The first-order chi connectivity index (χ1) is 15.3. The maximum atomic E-state index is 14.6. The first-order valence-electron chi connectivity index (χ1n) is 10.8. The number of nitrogens with zero attached hydrogens (tertiary/aromatic N) is 2. The Balaban J connectivity index is 1.66. The third kappa shape index (κ3) is 4.59. The quantitative estimate of drug-likeness (QED) is 0.645. The smallest absolute Gasteiger partial charge is 0.286 e. The zero-order valence-electron chi connectivity index (χ0n) is 18.5. The standard InChI is InChI=1S/C25H27FN2O3S/c1-4-25(2,3)19-7-5-6-16(13-19)17-12-18(22(29)20(26)14-17)15-21-23(30)27-24(32-21)28-8-10-31-11-9-28/h5-7,12-15,29H,4,8-11H2,1-3H3. The highest BCUT2D eigenvalue weighted by Gasteiger charge is 2.28. The van der Waals surface area contributed by atoms with Crippen molar-refractivity contribution in [2.75, 3.05) is 26.3 Å². The number of benzene rings is 2. The minimum Gasteiger partial charge on any atom is -0.504 e. The SMILES string of the molecule is CCC(C)(C)c1cccc(-c2cc(F)c(O)c(C=C3SC(N4CCOCC4)=NC3=O)c2)c1. The fourth-order valence-corrected chi connectivity index (χ4v) is 4.61. The van der Waals surface area contributed by atoms with Crippen molar-refractivity contribution >= 4 is 28.9 Å². The Bertz CT molecular complexity index is 1100. The van der Waals surface area contributed by atoms with Gasteiger partial charge in [0.25, 0.3) is 5.91 Å². The van der Waals surface area contributed by atoms with Gasteiger partial charge in [-0.2, -0.15) is 4.99 Å². The van der Waals surface area contributed by atoms with Crippen molar-refractivity contribution in [1.29, 1.82) is 0 Å². The summed E-state index contributed by atoms with van der Waals surface area (Å²) in [5.74, 6) is -1.58. The van der Waals surface area contributed by atoms with E-state index in [9.17, 15) is 14.3 Å². The number of phenolic OH excluding ortho intramolecular Hbond substituents is 1. The van der Waals surface area contributed by atoms with Crippen LogP contribution in [0, 0.1) is 5.82 Å². The number of amidine groups is 1. The molecule has 2 aromatic carbocycles. The molecule has 168 valence electrons. The van der Waals surface area contributed by atoms with Crippen molar-refractivity contribution in [3.8, 4) is 16.9 Å². The molecule has 2 heterocycles. The average Bonchev–Trinajstić information content (AvgIpc) is 3.17. The van der Waals surface area contributed by atoms with Crippen LogP contribution in [0.5, 0.6) is 5.75 Å². The number of thioether (sulfide) groups is 1. The Kier molecular flexibility index (Phi) is 6.40. The predicted molar refractivity (Wildman–Crippen MR) is 127 cm³/mol. The molecule has 0 spiro atoms.